The summed E-state index contributed by atoms with van der Waals surface area (Å²) in [6, 6.07) is 180. The molecule has 0 aliphatic carbocycles. The molecule has 0 saturated carbocycles. The molecule has 25 aromatic rings. The fourth-order valence-electron chi connectivity index (χ4n) is 22.8. The van der Waals surface area contributed by atoms with Crippen molar-refractivity contribution in [1.29, 1.82) is 0 Å². The van der Waals surface area contributed by atoms with Crippen molar-refractivity contribution in [3.8, 4) is 100 Å². The summed E-state index contributed by atoms with van der Waals surface area (Å²) in [6.07, 6.45) is 0. The van der Waals surface area contributed by atoms with E-state index >= 15 is 0 Å². The first kappa shape index (κ1) is 77.8. The lowest BCUT2D eigenvalue weighted by Gasteiger charge is -2.46. The van der Waals surface area contributed by atoms with Crippen molar-refractivity contribution in [3.63, 3.8) is 0 Å². The number of benzene rings is 23. The van der Waals surface area contributed by atoms with E-state index in [1.54, 1.807) is 0 Å². The number of fused-ring (bicyclic) bond motifs is 18. The number of nitrogens with zero attached hydrogens (tertiary/aromatic N) is 4. The van der Waals surface area contributed by atoms with Crippen LogP contribution in [0.3, 0.4) is 0 Å². The van der Waals surface area contributed by atoms with Gasteiger partial charge < -0.3 is 18.9 Å². The van der Waals surface area contributed by atoms with Crippen molar-refractivity contribution in [3.05, 3.63) is 479 Å². The third kappa shape index (κ3) is 12.5. The topological polar surface area (TPSA) is 16.3 Å². The lowest BCUT2D eigenvalue weighted by molar-refractivity contribution is 0.590. The first-order valence-electron chi connectivity index (χ1n) is 47.1. The molecule has 5 heteroatoms. The molecule has 4 heterocycles. The third-order valence-corrected chi connectivity index (χ3v) is 29.1. The van der Waals surface area contributed by atoms with Gasteiger partial charge in [-0.1, -0.05) is 385 Å². The van der Waals surface area contributed by atoms with Crippen molar-refractivity contribution in [2.75, 3.05) is 9.80 Å². The standard InChI is InChI=1S/C130H87BN4/c1-130(2,3)100-78-123-127-124(79-100)135(129-111(88-36-12-6-13-37-88)76-99(77-112(129)89-38-14-7-15-39-89)95-57-55-83-31-17-19-45-93(83)71-95)122-81-102(133-118-67-61-97(106-53-29-47-85-41-21-25-49-104(85)106)73-114(118)126-108-51-27-23-43-91(108)59-69-120(126)133)63-65-116(122)131(127)115-64-62-101(132-117-66-60-96(105-52-28-46-84-40-20-24-48-103(84)105)72-113(117)125-107-50-26-22-42-90(107)58-68-119(125)132)80-121(115)134(123)128-109(86-32-8-4-9-33-86)74-98(75-110(128)87-34-10-5-11-35-87)94-56-54-82-30-16-18-44-92(82)70-94/h4-81H,1-3H3. The number of hydrogen-bond acceptors (Lipinski definition) is 2. The number of rotatable bonds is 12. The molecule has 23 aromatic carbocycles. The van der Waals surface area contributed by atoms with Gasteiger partial charge in [0.2, 0.25) is 0 Å². The fraction of sp³-hybridized carbons (Fsp3) is 0.0308. The van der Waals surface area contributed by atoms with Crippen LogP contribution in [0.25, 0.3) is 209 Å². The van der Waals surface area contributed by atoms with Crippen LogP contribution in [0, 0.1) is 0 Å². The van der Waals surface area contributed by atoms with Crippen LogP contribution in [-0.2, 0) is 5.41 Å². The molecule has 0 N–H and O–H groups in total. The van der Waals surface area contributed by atoms with E-state index < -0.39 is 5.41 Å². The summed E-state index contributed by atoms with van der Waals surface area (Å²) in [5, 5.41) is 19.4. The van der Waals surface area contributed by atoms with E-state index in [4.69, 9.17) is 0 Å². The molecule has 630 valence electrons. The summed E-state index contributed by atoms with van der Waals surface area (Å²) in [6.45, 7) is 6.89. The first-order valence-corrected chi connectivity index (χ1v) is 47.1. The van der Waals surface area contributed by atoms with Gasteiger partial charge in [0.25, 0.3) is 6.71 Å². The third-order valence-electron chi connectivity index (χ3n) is 29.1. The second-order valence-corrected chi connectivity index (χ2v) is 37.7. The number of anilines is 6. The van der Waals surface area contributed by atoms with Crippen molar-refractivity contribution in [2.24, 2.45) is 0 Å². The zero-order valence-electron chi connectivity index (χ0n) is 74.9. The molecule has 2 aliphatic rings. The molecule has 0 bridgehead atoms. The van der Waals surface area contributed by atoms with E-state index in [9.17, 15) is 0 Å². The molecule has 135 heavy (non-hydrogen) atoms. The Labute approximate surface area is 784 Å². The highest BCUT2D eigenvalue weighted by Crippen LogP contribution is 2.57. The van der Waals surface area contributed by atoms with Crippen molar-refractivity contribution < 1.29 is 0 Å². The number of hydrogen-bond donors (Lipinski definition) is 0. The average Bonchev–Trinajstić information content (AvgIpc) is 0.758. The highest BCUT2D eigenvalue weighted by Gasteiger charge is 2.47. The van der Waals surface area contributed by atoms with Crippen LogP contribution in [0.2, 0.25) is 0 Å². The summed E-state index contributed by atoms with van der Waals surface area (Å²) in [5.41, 5.74) is 35.8. The fourth-order valence-corrected chi connectivity index (χ4v) is 22.8. The molecule has 4 nitrogen and oxygen atoms in total. The van der Waals surface area contributed by atoms with Gasteiger partial charge in [-0.05, 0) is 268 Å². The smallest absolute Gasteiger partial charge is 0.252 e. The lowest BCUT2D eigenvalue weighted by atomic mass is 9.33. The summed E-state index contributed by atoms with van der Waals surface area (Å²) in [5.74, 6) is 0. The Morgan fingerprint density at radius 2 is 0.511 bits per heavy atom. The van der Waals surface area contributed by atoms with Gasteiger partial charge in [-0.25, -0.2) is 0 Å². The molecule has 0 atom stereocenters. The van der Waals surface area contributed by atoms with Crippen LogP contribution in [0.15, 0.2) is 473 Å². The molecule has 0 unspecified atom stereocenters. The average molecular weight is 1720 g/mol. The van der Waals surface area contributed by atoms with Gasteiger partial charge in [0, 0.05) is 77.9 Å². The highest BCUT2D eigenvalue weighted by molar-refractivity contribution is 7.00. The van der Waals surface area contributed by atoms with Crippen molar-refractivity contribution >= 4 is 165 Å². The molecule has 2 aliphatic heterocycles. The van der Waals surface area contributed by atoms with E-state index in [2.05, 4.69) is 513 Å². The predicted molar refractivity (Wildman–Crippen MR) is 576 cm³/mol. The SMILES string of the molecule is CC(C)(C)c1cc2c3c(c1)N(c1c(-c4ccccc4)cc(-c4ccc5ccccc5c4)cc1-c1ccccc1)c1cc(-n4c5ccc(-c6cccc7ccccc67)cc5c5c6ccccc6ccc54)ccc1B3c1ccc(-n3c4ccc(-c5cccc6ccccc56)cc4c4c5ccccc5ccc43)cc1N2c1c(-c2ccccc2)cc(-c2ccc3ccccc3c2)cc1-c1ccccc1. The van der Waals surface area contributed by atoms with Crippen molar-refractivity contribution in [1.82, 2.24) is 9.13 Å². The van der Waals surface area contributed by atoms with E-state index in [0.29, 0.717) is 0 Å². The van der Waals surface area contributed by atoms with Crippen LogP contribution in [0.4, 0.5) is 34.1 Å². The highest BCUT2D eigenvalue weighted by atomic mass is 15.2. The molecule has 0 amide bonds. The Morgan fingerprint density at radius 3 is 0.896 bits per heavy atom. The maximum atomic E-state index is 2.76. The molecule has 0 spiro atoms. The summed E-state index contributed by atoms with van der Waals surface area (Å²) >= 11 is 0. The van der Waals surface area contributed by atoms with E-state index in [1.807, 2.05) is 0 Å². The van der Waals surface area contributed by atoms with E-state index in [-0.39, 0.29) is 6.71 Å². The van der Waals surface area contributed by atoms with Crippen LogP contribution >= 0.6 is 0 Å². The van der Waals surface area contributed by atoms with Crippen LogP contribution in [0.1, 0.15) is 26.3 Å². The van der Waals surface area contributed by atoms with Gasteiger partial charge in [-0.3, -0.25) is 0 Å². The molecule has 2 aromatic heterocycles. The number of aromatic nitrogens is 2. The molecule has 0 saturated heterocycles. The minimum Gasteiger partial charge on any atom is -0.310 e. The Hall–Kier alpha value is -17.1. The quantitative estimate of drug-likeness (QED) is 0.113. The van der Waals surface area contributed by atoms with Gasteiger partial charge in [-0.2, -0.15) is 0 Å². The summed E-state index contributed by atoms with van der Waals surface area (Å²) < 4.78 is 5.16. The lowest BCUT2D eigenvalue weighted by Crippen LogP contribution is -2.61. The second-order valence-electron chi connectivity index (χ2n) is 37.7. The molecular weight excluding hydrogens is 1630 g/mol. The summed E-state index contributed by atoms with van der Waals surface area (Å²) in [4.78, 5) is 5.51. The summed E-state index contributed by atoms with van der Waals surface area (Å²) in [7, 11) is 0. The van der Waals surface area contributed by atoms with Crippen LogP contribution < -0.4 is 26.2 Å². The van der Waals surface area contributed by atoms with Gasteiger partial charge in [0.1, 0.15) is 0 Å². The molecule has 27 rings (SSSR count). The van der Waals surface area contributed by atoms with Gasteiger partial charge in [0.15, 0.2) is 0 Å². The molecule has 0 fully saturated rings. The Kier molecular flexibility index (Phi) is 17.7. The minimum atomic E-state index is -0.426. The van der Waals surface area contributed by atoms with E-state index in [0.717, 1.165) is 134 Å². The maximum Gasteiger partial charge on any atom is 0.252 e. The molecule has 0 radical (unpaired) electrons. The zero-order valence-corrected chi connectivity index (χ0v) is 74.9. The largest absolute Gasteiger partial charge is 0.310 e. The van der Waals surface area contributed by atoms with Gasteiger partial charge >= 0.3 is 0 Å². The van der Waals surface area contributed by atoms with Gasteiger partial charge in [-0.15, -0.1) is 0 Å². The Bertz CT molecular complexity index is 8580. The predicted octanol–water partition coefficient (Wildman–Crippen LogP) is 33.5. The monoisotopic (exact) mass is 1710 g/mol. The van der Waals surface area contributed by atoms with Gasteiger partial charge in [0.05, 0.1) is 33.4 Å². The van der Waals surface area contributed by atoms with Crippen LogP contribution in [-0.4, -0.2) is 15.8 Å². The van der Waals surface area contributed by atoms with Crippen molar-refractivity contribution in [2.45, 2.75) is 26.2 Å². The molecular formula is C130H87BN4. The minimum absolute atomic E-state index is 0.352. The zero-order chi connectivity index (χ0) is 89.3. The van der Waals surface area contributed by atoms with E-state index in [1.165, 1.54) is 130 Å². The normalized spacial score (nSPS) is 12.5. The first-order chi connectivity index (χ1) is 66.6. The van der Waals surface area contributed by atoms with Crippen LogP contribution in [0.5, 0.6) is 0 Å². The second kappa shape index (κ2) is 30.8. The Morgan fingerprint density at radius 1 is 0.193 bits per heavy atom. The maximum absolute atomic E-state index is 2.76. The Balaban J connectivity index is 0.797.